The van der Waals surface area contributed by atoms with Gasteiger partial charge in [-0.2, -0.15) is 0 Å². The number of halogens is 1. The molecule has 1 atom stereocenters. The Morgan fingerprint density at radius 2 is 2.35 bits per heavy atom. The van der Waals surface area contributed by atoms with E-state index in [9.17, 15) is 4.79 Å². The van der Waals surface area contributed by atoms with Gasteiger partial charge in [0.1, 0.15) is 0 Å². The minimum absolute atomic E-state index is 0.0249. The molecule has 5 nitrogen and oxygen atoms in total. The molecule has 0 aliphatic carbocycles. The Morgan fingerprint density at radius 3 is 3.00 bits per heavy atom. The molecule has 1 aliphatic rings. The summed E-state index contributed by atoms with van der Waals surface area (Å²) >= 11 is 5.64. The number of carbonyl (C=O) groups is 1. The van der Waals surface area contributed by atoms with E-state index in [1.165, 1.54) is 0 Å². The summed E-state index contributed by atoms with van der Waals surface area (Å²) in [7, 11) is 0. The summed E-state index contributed by atoms with van der Waals surface area (Å²) in [4.78, 5) is 14.2. The van der Waals surface area contributed by atoms with Crippen LogP contribution in [0.5, 0.6) is 0 Å². The molecule has 1 aromatic rings. The van der Waals surface area contributed by atoms with Gasteiger partial charge in [0.15, 0.2) is 11.0 Å². The van der Waals surface area contributed by atoms with Crippen molar-refractivity contribution in [3.63, 3.8) is 0 Å². The maximum atomic E-state index is 11.8. The van der Waals surface area contributed by atoms with Crippen LogP contribution >= 0.6 is 11.6 Å². The van der Waals surface area contributed by atoms with E-state index in [0.717, 1.165) is 19.6 Å². The molecule has 1 amide bonds. The number of ether oxygens (including phenoxy) is 1. The van der Waals surface area contributed by atoms with Crippen molar-refractivity contribution in [2.45, 2.75) is 20.0 Å². The smallest absolute Gasteiger partial charge is 0.287 e. The van der Waals surface area contributed by atoms with E-state index in [1.807, 2.05) is 0 Å². The van der Waals surface area contributed by atoms with Gasteiger partial charge in [0, 0.05) is 26.2 Å². The molecule has 0 bridgehead atoms. The molecule has 1 saturated heterocycles. The third-order valence-corrected chi connectivity index (χ3v) is 3.34. The summed E-state index contributed by atoms with van der Waals surface area (Å²) in [5, 5.41) is 3.03. The summed E-state index contributed by atoms with van der Waals surface area (Å²) in [5.41, 5.74) is 0. The lowest BCUT2D eigenvalue weighted by Gasteiger charge is -2.33. The minimum Gasteiger partial charge on any atom is -0.440 e. The van der Waals surface area contributed by atoms with Crippen molar-refractivity contribution in [3.05, 3.63) is 23.1 Å². The fourth-order valence-electron chi connectivity index (χ4n) is 2.32. The standard InChI is InChI=1S/C14H21ClN2O3/c1-10(2)8-17-5-6-19-11(9-17)7-16-14(18)12-3-4-13(15)20-12/h3-4,10-11H,5-9H2,1-2H3,(H,16,18). The maximum Gasteiger partial charge on any atom is 0.287 e. The van der Waals surface area contributed by atoms with E-state index in [0.29, 0.717) is 19.1 Å². The average Bonchev–Trinajstić information content (AvgIpc) is 2.82. The first-order valence-corrected chi connectivity index (χ1v) is 7.30. The first-order valence-electron chi connectivity index (χ1n) is 6.92. The number of furan rings is 1. The first kappa shape index (κ1) is 15.4. The number of nitrogens with one attached hydrogen (secondary N) is 1. The third-order valence-electron chi connectivity index (χ3n) is 3.13. The number of rotatable bonds is 5. The van der Waals surface area contributed by atoms with Crippen LogP contribution in [0.3, 0.4) is 0 Å². The predicted octanol–water partition coefficient (Wildman–Crippen LogP) is 2.02. The molecular weight excluding hydrogens is 280 g/mol. The number of morpholine rings is 1. The zero-order valence-electron chi connectivity index (χ0n) is 11.9. The zero-order chi connectivity index (χ0) is 14.5. The molecule has 0 spiro atoms. The van der Waals surface area contributed by atoms with E-state index < -0.39 is 0 Å². The maximum absolute atomic E-state index is 11.8. The summed E-state index contributed by atoms with van der Waals surface area (Å²) in [6.07, 6.45) is 0.0249. The highest BCUT2D eigenvalue weighted by atomic mass is 35.5. The normalized spacial score (nSPS) is 20.3. The molecule has 112 valence electrons. The molecule has 0 radical (unpaired) electrons. The highest BCUT2D eigenvalue weighted by molar-refractivity contribution is 6.29. The first-order chi connectivity index (χ1) is 9.54. The number of hydrogen-bond donors (Lipinski definition) is 1. The molecule has 1 aliphatic heterocycles. The Labute approximate surface area is 124 Å². The van der Waals surface area contributed by atoms with Crippen molar-refractivity contribution in [1.82, 2.24) is 10.2 Å². The number of amides is 1. The van der Waals surface area contributed by atoms with Crippen LogP contribution in [0.25, 0.3) is 0 Å². The lowest BCUT2D eigenvalue weighted by molar-refractivity contribution is -0.0296. The molecule has 0 aromatic carbocycles. The molecule has 1 N–H and O–H groups in total. The Kier molecular flexibility index (Phi) is 5.46. The van der Waals surface area contributed by atoms with Crippen molar-refractivity contribution < 1.29 is 13.9 Å². The van der Waals surface area contributed by atoms with Crippen LogP contribution < -0.4 is 5.32 Å². The number of nitrogens with zero attached hydrogens (tertiary/aromatic N) is 1. The van der Waals surface area contributed by atoms with E-state index in [4.69, 9.17) is 20.8 Å². The summed E-state index contributed by atoms with van der Waals surface area (Å²) < 4.78 is 10.7. The van der Waals surface area contributed by atoms with Gasteiger partial charge in [-0.05, 0) is 29.7 Å². The van der Waals surface area contributed by atoms with Crippen LogP contribution in [0, 0.1) is 5.92 Å². The van der Waals surface area contributed by atoms with Gasteiger partial charge in [-0.15, -0.1) is 0 Å². The SMILES string of the molecule is CC(C)CN1CCOC(CNC(=O)c2ccc(Cl)o2)C1. The summed E-state index contributed by atoms with van der Waals surface area (Å²) in [5.74, 6) is 0.597. The monoisotopic (exact) mass is 300 g/mol. The van der Waals surface area contributed by atoms with Gasteiger partial charge in [-0.25, -0.2) is 0 Å². The fourth-order valence-corrected chi connectivity index (χ4v) is 2.46. The molecule has 1 unspecified atom stereocenters. The van der Waals surface area contributed by atoms with Crippen LogP contribution in [0.1, 0.15) is 24.4 Å². The van der Waals surface area contributed by atoms with Gasteiger partial charge in [0.25, 0.3) is 5.91 Å². The second-order valence-electron chi connectivity index (χ2n) is 5.46. The lowest BCUT2D eigenvalue weighted by atomic mass is 10.2. The molecule has 6 heteroatoms. The Bertz CT molecular complexity index is 447. The topological polar surface area (TPSA) is 54.7 Å². The lowest BCUT2D eigenvalue weighted by Crippen LogP contribution is -2.48. The quantitative estimate of drug-likeness (QED) is 0.904. The minimum atomic E-state index is -0.263. The molecule has 2 heterocycles. The Morgan fingerprint density at radius 1 is 1.55 bits per heavy atom. The summed E-state index contributed by atoms with van der Waals surface area (Å²) in [6.45, 7) is 8.45. The van der Waals surface area contributed by atoms with Crippen molar-refractivity contribution >= 4 is 17.5 Å². The third kappa shape index (κ3) is 4.51. The molecule has 1 fully saturated rings. The average molecular weight is 301 g/mol. The van der Waals surface area contributed by atoms with Gasteiger partial charge in [0.2, 0.25) is 0 Å². The van der Waals surface area contributed by atoms with Gasteiger partial charge in [-0.3, -0.25) is 9.69 Å². The number of carbonyl (C=O) groups excluding carboxylic acids is 1. The van der Waals surface area contributed by atoms with E-state index in [1.54, 1.807) is 12.1 Å². The van der Waals surface area contributed by atoms with Crippen LogP contribution in [-0.4, -0.2) is 49.7 Å². The summed E-state index contributed by atoms with van der Waals surface area (Å²) in [6, 6.07) is 3.11. The number of hydrogen-bond acceptors (Lipinski definition) is 4. The zero-order valence-corrected chi connectivity index (χ0v) is 12.7. The largest absolute Gasteiger partial charge is 0.440 e. The molecular formula is C14H21ClN2O3. The van der Waals surface area contributed by atoms with E-state index >= 15 is 0 Å². The molecule has 1 aromatic heterocycles. The predicted molar refractivity (Wildman–Crippen MR) is 77.1 cm³/mol. The van der Waals surface area contributed by atoms with Crippen molar-refractivity contribution in [2.75, 3.05) is 32.8 Å². The van der Waals surface area contributed by atoms with E-state index in [-0.39, 0.29) is 23.0 Å². The van der Waals surface area contributed by atoms with Crippen molar-refractivity contribution in [3.8, 4) is 0 Å². The van der Waals surface area contributed by atoms with Gasteiger partial charge >= 0.3 is 0 Å². The Balaban J connectivity index is 1.77. The fraction of sp³-hybridized carbons (Fsp3) is 0.643. The van der Waals surface area contributed by atoms with Crippen LogP contribution in [0.2, 0.25) is 5.22 Å². The van der Waals surface area contributed by atoms with Gasteiger partial charge in [0.05, 0.1) is 12.7 Å². The van der Waals surface area contributed by atoms with Crippen LogP contribution in [0.4, 0.5) is 0 Å². The van der Waals surface area contributed by atoms with Gasteiger partial charge in [-0.1, -0.05) is 13.8 Å². The van der Waals surface area contributed by atoms with Gasteiger partial charge < -0.3 is 14.5 Å². The van der Waals surface area contributed by atoms with Crippen molar-refractivity contribution in [1.29, 1.82) is 0 Å². The van der Waals surface area contributed by atoms with Crippen molar-refractivity contribution in [2.24, 2.45) is 5.92 Å². The molecule has 2 rings (SSSR count). The van der Waals surface area contributed by atoms with E-state index in [2.05, 4.69) is 24.1 Å². The highest BCUT2D eigenvalue weighted by Gasteiger charge is 2.22. The molecule has 0 saturated carbocycles. The second-order valence-corrected chi connectivity index (χ2v) is 5.83. The highest BCUT2D eigenvalue weighted by Crippen LogP contribution is 2.13. The van der Waals surface area contributed by atoms with Crippen LogP contribution in [-0.2, 0) is 4.74 Å². The van der Waals surface area contributed by atoms with Crippen LogP contribution in [0.15, 0.2) is 16.5 Å². The second kappa shape index (κ2) is 7.11. The molecule has 20 heavy (non-hydrogen) atoms. The Hall–Kier alpha value is -1.04.